The third-order valence-corrected chi connectivity index (χ3v) is 6.54. The molecule has 2 amide bonds. The van der Waals surface area contributed by atoms with E-state index in [-0.39, 0.29) is 18.3 Å². The Labute approximate surface area is 204 Å². The Bertz CT molecular complexity index is 1130. The minimum absolute atomic E-state index is 0.00918. The van der Waals surface area contributed by atoms with E-state index in [9.17, 15) is 19.1 Å². The first kappa shape index (κ1) is 24.8. The van der Waals surface area contributed by atoms with Crippen LogP contribution in [0.3, 0.4) is 0 Å². The molecule has 4 N–H and O–H groups in total. The number of benzene rings is 2. The number of rotatable bonds is 7. The molecule has 9 heteroatoms. The van der Waals surface area contributed by atoms with Crippen LogP contribution < -0.4 is 10.6 Å². The fourth-order valence-corrected chi connectivity index (χ4v) is 4.89. The highest BCUT2D eigenvalue weighted by Gasteiger charge is 2.39. The molecule has 1 aliphatic heterocycles. The van der Waals surface area contributed by atoms with Crippen molar-refractivity contribution in [2.75, 3.05) is 13.7 Å². The van der Waals surface area contributed by atoms with Gasteiger partial charge < -0.3 is 20.5 Å². The van der Waals surface area contributed by atoms with Crippen molar-refractivity contribution in [2.45, 2.75) is 56.8 Å². The summed E-state index contributed by atoms with van der Waals surface area (Å²) in [4.78, 5) is 27.6. The lowest BCUT2D eigenvalue weighted by atomic mass is 9.93. The van der Waals surface area contributed by atoms with Gasteiger partial charge in [-0.25, -0.2) is 4.39 Å². The average Bonchev–Trinajstić information content (AvgIpc) is 3.09. The van der Waals surface area contributed by atoms with Crippen molar-refractivity contribution in [1.29, 1.82) is 5.41 Å². The number of amides is 2. The quantitative estimate of drug-likeness (QED) is 0.485. The second-order valence-electron chi connectivity index (χ2n) is 9.79. The molecule has 186 valence electrons. The molecule has 3 unspecified atom stereocenters. The van der Waals surface area contributed by atoms with Gasteiger partial charge in [-0.3, -0.25) is 19.9 Å². The number of methoxy groups -OCH3 is 1. The molecule has 3 atom stereocenters. The van der Waals surface area contributed by atoms with Gasteiger partial charge in [0.2, 0.25) is 5.91 Å². The molecule has 0 saturated carbocycles. The topological polar surface area (TPSA) is 115 Å². The van der Waals surface area contributed by atoms with Gasteiger partial charge in [-0.15, -0.1) is 0 Å². The summed E-state index contributed by atoms with van der Waals surface area (Å²) in [6.45, 7) is 4.10. The Morgan fingerprint density at radius 1 is 1.34 bits per heavy atom. The molecule has 0 aromatic heterocycles. The van der Waals surface area contributed by atoms with Gasteiger partial charge in [-0.1, -0.05) is 18.2 Å². The van der Waals surface area contributed by atoms with Crippen LogP contribution in [0, 0.1) is 11.2 Å². The number of halogens is 1. The van der Waals surface area contributed by atoms with Crippen LogP contribution in [0.15, 0.2) is 42.5 Å². The molecule has 1 aliphatic carbocycles. The van der Waals surface area contributed by atoms with Gasteiger partial charge >= 0.3 is 0 Å². The van der Waals surface area contributed by atoms with Crippen molar-refractivity contribution in [3.8, 4) is 0 Å². The summed E-state index contributed by atoms with van der Waals surface area (Å²) < 4.78 is 19.0. The maximum atomic E-state index is 13.8. The molecule has 8 nitrogen and oxygen atoms in total. The minimum atomic E-state index is -0.853. The number of hydrogen-bond donors (Lipinski definition) is 4. The predicted octanol–water partition coefficient (Wildman–Crippen LogP) is 2.83. The summed E-state index contributed by atoms with van der Waals surface area (Å²) in [6.07, 6.45) is 0.150. The Morgan fingerprint density at radius 2 is 2.11 bits per heavy atom. The summed E-state index contributed by atoms with van der Waals surface area (Å²) in [7, 11) is 1.57. The van der Waals surface area contributed by atoms with Gasteiger partial charge in [0.1, 0.15) is 5.82 Å². The first-order chi connectivity index (χ1) is 16.6. The average molecular weight is 483 g/mol. The lowest BCUT2D eigenvalue weighted by Gasteiger charge is -2.42. The van der Waals surface area contributed by atoms with Gasteiger partial charge in [0.25, 0.3) is 5.91 Å². The molecule has 0 radical (unpaired) electrons. The van der Waals surface area contributed by atoms with E-state index in [0.717, 1.165) is 5.56 Å². The van der Waals surface area contributed by atoms with Gasteiger partial charge in [0, 0.05) is 37.7 Å². The molecule has 2 aromatic carbocycles. The number of hydrogen-bond acceptors (Lipinski definition) is 5. The molecule has 1 heterocycles. The standard InChI is InChI=1S/C26H31FN4O4/c1-26(2)14-22(33)31(25(28)30-26)20(9-10-35-3)16-5-4-6-17(11-16)24(34)29-23-19-13-18(27)8-7-15(19)12-21(23)32/h4-8,11,13,20-21,23,32H,9-10,12,14H2,1-3H3,(H2,28,30)(H,29,34). The Hall–Kier alpha value is -3.30. The zero-order valence-corrected chi connectivity index (χ0v) is 20.1. The second-order valence-corrected chi connectivity index (χ2v) is 9.79. The molecule has 4 rings (SSSR count). The molecule has 2 aliphatic rings. The van der Waals surface area contributed by atoms with Crippen LogP contribution >= 0.6 is 0 Å². The monoisotopic (exact) mass is 482 g/mol. The molecule has 1 saturated heterocycles. The Morgan fingerprint density at radius 3 is 2.83 bits per heavy atom. The first-order valence-corrected chi connectivity index (χ1v) is 11.6. The highest BCUT2D eigenvalue weighted by molar-refractivity contribution is 5.99. The van der Waals surface area contributed by atoms with Crippen LogP contribution in [0.4, 0.5) is 4.39 Å². The molecular weight excluding hydrogens is 451 g/mol. The van der Waals surface area contributed by atoms with Gasteiger partial charge in [0.15, 0.2) is 5.96 Å². The number of carbonyl (C=O) groups is 2. The zero-order valence-electron chi connectivity index (χ0n) is 20.1. The van der Waals surface area contributed by atoms with Crippen molar-refractivity contribution in [3.63, 3.8) is 0 Å². The summed E-state index contributed by atoms with van der Waals surface area (Å²) >= 11 is 0. The number of aliphatic hydroxyl groups excluding tert-OH is 1. The summed E-state index contributed by atoms with van der Waals surface area (Å²) in [5.41, 5.74) is 1.88. The molecule has 0 bridgehead atoms. The number of nitrogens with one attached hydrogen (secondary N) is 3. The van der Waals surface area contributed by atoms with E-state index < -0.39 is 35.5 Å². The number of fused-ring (bicyclic) bond motifs is 1. The predicted molar refractivity (Wildman–Crippen MR) is 128 cm³/mol. The maximum absolute atomic E-state index is 13.8. The van der Waals surface area contributed by atoms with E-state index in [1.165, 1.54) is 17.0 Å². The molecule has 1 fully saturated rings. The Balaban J connectivity index is 1.59. The number of ether oxygens (including phenoxy) is 1. The van der Waals surface area contributed by atoms with Crippen molar-refractivity contribution in [2.24, 2.45) is 0 Å². The number of aliphatic hydroxyl groups is 1. The fourth-order valence-electron chi connectivity index (χ4n) is 4.89. The van der Waals surface area contributed by atoms with E-state index in [2.05, 4.69) is 10.6 Å². The minimum Gasteiger partial charge on any atom is -0.390 e. The first-order valence-electron chi connectivity index (χ1n) is 11.6. The maximum Gasteiger partial charge on any atom is 0.251 e. The summed E-state index contributed by atoms with van der Waals surface area (Å²) in [5, 5.41) is 24.8. The fraction of sp³-hybridized carbons (Fsp3) is 0.423. The van der Waals surface area contributed by atoms with Crippen LogP contribution in [-0.2, 0) is 16.0 Å². The summed E-state index contributed by atoms with van der Waals surface area (Å²) in [6, 6.07) is 9.95. The number of guanidine groups is 1. The van der Waals surface area contributed by atoms with Gasteiger partial charge in [-0.05, 0) is 61.2 Å². The Kier molecular flexibility index (Phi) is 6.91. The lowest BCUT2D eigenvalue weighted by Crippen LogP contribution is -2.60. The summed E-state index contributed by atoms with van der Waals surface area (Å²) in [5.74, 6) is -1.01. The van der Waals surface area contributed by atoms with Crippen LogP contribution in [0.25, 0.3) is 0 Å². The van der Waals surface area contributed by atoms with E-state index in [1.54, 1.807) is 31.4 Å². The van der Waals surface area contributed by atoms with Crippen molar-refractivity contribution in [3.05, 3.63) is 70.5 Å². The third kappa shape index (κ3) is 5.21. The molecule has 35 heavy (non-hydrogen) atoms. The van der Waals surface area contributed by atoms with Gasteiger partial charge in [0.05, 0.1) is 18.2 Å². The van der Waals surface area contributed by atoms with Crippen molar-refractivity contribution < 1.29 is 23.8 Å². The molecular formula is C26H31FN4O4. The van der Waals surface area contributed by atoms with E-state index in [0.29, 0.717) is 36.1 Å². The van der Waals surface area contributed by atoms with E-state index in [4.69, 9.17) is 10.1 Å². The van der Waals surface area contributed by atoms with Crippen molar-refractivity contribution in [1.82, 2.24) is 15.5 Å². The normalized spacial score (nSPS) is 21.9. The zero-order chi connectivity index (χ0) is 25.3. The van der Waals surface area contributed by atoms with Crippen LogP contribution in [0.5, 0.6) is 0 Å². The lowest BCUT2D eigenvalue weighted by molar-refractivity contribution is -0.132. The highest BCUT2D eigenvalue weighted by atomic mass is 19.1. The highest BCUT2D eigenvalue weighted by Crippen LogP contribution is 2.33. The van der Waals surface area contributed by atoms with Crippen LogP contribution in [0.2, 0.25) is 0 Å². The van der Waals surface area contributed by atoms with Crippen LogP contribution in [0.1, 0.15) is 65.8 Å². The van der Waals surface area contributed by atoms with E-state index in [1.807, 2.05) is 19.9 Å². The van der Waals surface area contributed by atoms with Gasteiger partial charge in [-0.2, -0.15) is 0 Å². The largest absolute Gasteiger partial charge is 0.390 e. The smallest absolute Gasteiger partial charge is 0.251 e. The molecule has 2 aromatic rings. The molecule has 0 spiro atoms. The number of nitrogens with zero attached hydrogens (tertiary/aromatic N) is 1. The second kappa shape index (κ2) is 9.75. The van der Waals surface area contributed by atoms with E-state index >= 15 is 0 Å². The number of carbonyl (C=O) groups excluding carboxylic acids is 2. The third-order valence-electron chi connectivity index (χ3n) is 6.54. The SMILES string of the molecule is COCCC(c1cccc(C(=O)NC2c3cc(F)ccc3CC2O)c1)N1C(=N)NC(C)(C)CC1=O. The van der Waals surface area contributed by atoms with Crippen LogP contribution in [-0.4, -0.2) is 53.1 Å². The van der Waals surface area contributed by atoms with Crippen molar-refractivity contribution >= 4 is 17.8 Å².